The van der Waals surface area contributed by atoms with Gasteiger partial charge in [0.25, 0.3) is 0 Å². The highest BCUT2D eigenvalue weighted by molar-refractivity contribution is 5.92. The molecule has 0 aromatic heterocycles. The van der Waals surface area contributed by atoms with Crippen LogP contribution in [-0.4, -0.2) is 36.5 Å². The first-order valence-corrected chi connectivity index (χ1v) is 8.44. The zero-order valence-corrected chi connectivity index (χ0v) is 14.2. The predicted octanol–water partition coefficient (Wildman–Crippen LogP) is 3.29. The maximum Gasteiger partial charge on any atom is 0.193 e. The van der Waals surface area contributed by atoms with Gasteiger partial charge in [0.15, 0.2) is 5.96 Å². The van der Waals surface area contributed by atoms with E-state index in [0.717, 1.165) is 31.2 Å². The largest absolute Gasteiger partial charge is 0.370 e. The molecule has 2 rings (SSSR count). The number of likely N-dealkylation sites (tertiary alicyclic amines) is 1. The minimum atomic E-state index is 0.511. The molecule has 1 atom stereocenters. The summed E-state index contributed by atoms with van der Waals surface area (Å²) >= 11 is 0. The first-order valence-electron chi connectivity index (χ1n) is 8.44. The minimum absolute atomic E-state index is 0.511. The molecule has 0 amide bonds. The average molecular weight is 302 g/mol. The number of nitrogens with two attached hydrogens (primary N) is 1. The molecule has 0 spiro atoms. The zero-order valence-electron chi connectivity index (χ0n) is 14.2. The lowest BCUT2D eigenvalue weighted by Gasteiger charge is -2.33. The van der Waals surface area contributed by atoms with Gasteiger partial charge in [-0.2, -0.15) is 0 Å². The van der Waals surface area contributed by atoms with Gasteiger partial charge in [0, 0.05) is 24.8 Å². The van der Waals surface area contributed by atoms with Gasteiger partial charge in [0.1, 0.15) is 0 Å². The number of nitrogens with one attached hydrogen (secondary N) is 1. The number of hydrogen-bond donors (Lipinski definition) is 2. The lowest BCUT2D eigenvalue weighted by molar-refractivity contribution is 0.160. The van der Waals surface area contributed by atoms with Gasteiger partial charge in [-0.25, -0.2) is 0 Å². The van der Waals surface area contributed by atoms with E-state index >= 15 is 0 Å². The van der Waals surface area contributed by atoms with E-state index in [-0.39, 0.29) is 0 Å². The van der Waals surface area contributed by atoms with Crippen molar-refractivity contribution < 1.29 is 0 Å². The number of aliphatic imine (C=N–C) groups is 1. The summed E-state index contributed by atoms with van der Waals surface area (Å²) in [6, 6.07) is 7.05. The maximum absolute atomic E-state index is 5.98. The van der Waals surface area contributed by atoms with Crippen LogP contribution in [0.25, 0.3) is 0 Å². The van der Waals surface area contributed by atoms with Crippen LogP contribution < -0.4 is 11.1 Å². The van der Waals surface area contributed by atoms with Crippen molar-refractivity contribution in [1.29, 1.82) is 0 Å². The van der Waals surface area contributed by atoms with E-state index in [1.54, 1.807) is 0 Å². The van der Waals surface area contributed by atoms with Crippen molar-refractivity contribution in [2.24, 2.45) is 10.7 Å². The van der Waals surface area contributed by atoms with Crippen molar-refractivity contribution in [2.45, 2.75) is 52.5 Å². The molecule has 0 saturated carbocycles. The molecule has 4 heteroatoms. The average Bonchev–Trinajstić information content (AvgIpc) is 2.44. The van der Waals surface area contributed by atoms with Gasteiger partial charge in [-0.3, -0.25) is 4.99 Å². The minimum Gasteiger partial charge on any atom is -0.370 e. The Hall–Kier alpha value is -1.55. The molecule has 1 aromatic rings. The van der Waals surface area contributed by atoms with E-state index < -0.39 is 0 Å². The van der Waals surface area contributed by atoms with Crippen LogP contribution in [0.4, 0.5) is 5.69 Å². The quantitative estimate of drug-likeness (QED) is 0.498. The Morgan fingerprint density at radius 1 is 1.27 bits per heavy atom. The van der Waals surface area contributed by atoms with Crippen molar-refractivity contribution in [3.63, 3.8) is 0 Å². The molecule has 1 aliphatic heterocycles. The van der Waals surface area contributed by atoms with E-state index in [4.69, 9.17) is 5.73 Å². The highest BCUT2D eigenvalue weighted by Gasteiger charge is 2.16. The second kappa shape index (κ2) is 8.18. The molecular weight excluding hydrogens is 272 g/mol. The van der Waals surface area contributed by atoms with Crippen molar-refractivity contribution in [3.05, 3.63) is 29.3 Å². The van der Waals surface area contributed by atoms with E-state index in [0.29, 0.717) is 5.96 Å². The van der Waals surface area contributed by atoms with Crippen LogP contribution in [0.2, 0.25) is 0 Å². The van der Waals surface area contributed by atoms with E-state index in [2.05, 4.69) is 54.2 Å². The Balaban J connectivity index is 1.75. The Morgan fingerprint density at radius 2 is 2.00 bits per heavy atom. The Morgan fingerprint density at radius 3 is 2.68 bits per heavy atom. The summed E-state index contributed by atoms with van der Waals surface area (Å²) in [5.74, 6) is 0.511. The lowest BCUT2D eigenvalue weighted by Crippen LogP contribution is -2.38. The molecule has 1 aliphatic rings. The Bertz CT molecular complexity index is 490. The number of benzene rings is 1. The molecule has 0 radical (unpaired) electrons. The van der Waals surface area contributed by atoms with Crippen LogP contribution >= 0.6 is 0 Å². The third-order valence-corrected chi connectivity index (χ3v) is 4.32. The maximum atomic E-state index is 5.98. The number of aryl methyl sites for hydroxylation is 2. The second-order valence-corrected chi connectivity index (χ2v) is 6.50. The van der Waals surface area contributed by atoms with E-state index in [1.165, 1.54) is 36.9 Å². The van der Waals surface area contributed by atoms with Gasteiger partial charge in [-0.15, -0.1) is 0 Å². The van der Waals surface area contributed by atoms with Gasteiger partial charge in [-0.05, 0) is 69.8 Å². The van der Waals surface area contributed by atoms with Gasteiger partial charge in [0.05, 0.1) is 0 Å². The summed E-state index contributed by atoms with van der Waals surface area (Å²) in [5.41, 5.74) is 9.46. The molecule has 0 aliphatic carbocycles. The van der Waals surface area contributed by atoms with Crippen LogP contribution in [0, 0.1) is 13.8 Å². The summed E-state index contributed by atoms with van der Waals surface area (Å²) in [6.45, 7) is 9.66. The van der Waals surface area contributed by atoms with Gasteiger partial charge in [0.2, 0.25) is 0 Å². The molecule has 0 bridgehead atoms. The smallest absolute Gasteiger partial charge is 0.193 e. The summed E-state index contributed by atoms with van der Waals surface area (Å²) < 4.78 is 0. The number of nitrogens with zero attached hydrogens (tertiary/aromatic N) is 2. The molecule has 1 saturated heterocycles. The fourth-order valence-electron chi connectivity index (χ4n) is 3.20. The van der Waals surface area contributed by atoms with Crippen LogP contribution in [0.5, 0.6) is 0 Å². The molecule has 4 nitrogen and oxygen atoms in total. The highest BCUT2D eigenvalue weighted by Crippen LogP contribution is 2.16. The fraction of sp³-hybridized carbons (Fsp3) is 0.611. The molecular formula is C18H30N4. The third-order valence-electron chi connectivity index (χ3n) is 4.32. The van der Waals surface area contributed by atoms with Crippen molar-refractivity contribution in [3.8, 4) is 0 Å². The highest BCUT2D eigenvalue weighted by atomic mass is 15.2. The van der Waals surface area contributed by atoms with Crippen molar-refractivity contribution in [2.75, 3.05) is 25.0 Å². The van der Waals surface area contributed by atoms with Crippen molar-refractivity contribution in [1.82, 2.24) is 4.90 Å². The third kappa shape index (κ3) is 5.34. The van der Waals surface area contributed by atoms with Crippen LogP contribution in [0.15, 0.2) is 23.2 Å². The summed E-state index contributed by atoms with van der Waals surface area (Å²) in [4.78, 5) is 7.02. The lowest BCUT2D eigenvalue weighted by atomic mass is 10.0. The number of piperidine rings is 1. The van der Waals surface area contributed by atoms with Gasteiger partial charge >= 0.3 is 0 Å². The molecule has 1 unspecified atom stereocenters. The van der Waals surface area contributed by atoms with Gasteiger partial charge in [-0.1, -0.05) is 12.5 Å². The normalized spacial score (nSPS) is 20.1. The van der Waals surface area contributed by atoms with Crippen LogP contribution in [-0.2, 0) is 0 Å². The Labute approximate surface area is 134 Å². The molecule has 1 heterocycles. The standard InChI is InChI=1S/C18H30N4/c1-14-11-15(2)13-17(12-14)21-18(19)20-8-6-10-22-9-5-4-7-16(22)3/h11-13,16H,4-10H2,1-3H3,(H3,19,20,21). The second-order valence-electron chi connectivity index (χ2n) is 6.50. The number of anilines is 1. The van der Waals surface area contributed by atoms with Crippen LogP contribution in [0.3, 0.4) is 0 Å². The predicted molar refractivity (Wildman–Crippen MR) is 95.5 cm³/mol. The first-order chi connectivity index (χ1) is 10.5. The van der Waals surface area contributed by atoms with Gasteiger partial charge < -0.3 is 16.0 Å². The fourth-order valence-corrected chi connectivity index (χ4v) is 3.20. The topological polar surface area (TPSA) is 53.6 Å². The summed E-state index contributed by atoms with van der Waals surface area (Å²) in [6.07, 6.45) is 5.12. The number of hydrogen-bond acceptors (Lipinski definition) is 2. The summed E-state index contributed by atoms with van der Waals surface area (Å²) in [7, 11) is 0. The molecule has 1 aromatic carbocycles. The van der Waals surface area contributed by atoms with E-state index in [1.807, 2.05) is 0 Å². The summed E-state index contributed by atoms with van der Waals surface area (Å²) in [5, 5.41) is 3.18. The first kappa shape index (κ1) is 16.8. The SMILES string of the molecule is Cc1cc(C)cc(NC(N)=NCCCN2CCCCC2C)c1. The number of rotatable bonds is 5. The number of guanidine groups is 1. The van der Waals surface area contributed by atoms with Crippen LogP contribution in [0.1, 0.15) is 43.7 Å². The molecule has 3 N–H and O–H groups in total. The monoisotopic (exact) mass is 302 g/mol. The zero-order chi connectivity index (χ0) is 15.9. The Kier molecular flexibility index (Phi) is 6.25. The van der Waals surface area contributed by atoms with E-state index in [9.17, 15) is 0 Å². The molecule has 22 heavy (non-hydrogen) atoms. The van der Waals surface area contributed by atoms with Crippen molar-refractivity contribution >= 4 is 11.6 Å². The molecule has 1 fully saturated rings. The molecule has 122 valence electrons.